The zero-order valence-electron chi connectivity index (χ0n) is 10.4. The van der Waals surface area contributed by atoms with E-state index < -0.39 is 5.60 Å². The number of hydrogen-bond acceptors (Lipinski definition) is 4. The average molecular weight is 243 g/mol. The van der Waals surface area contributed by atoms with E-state index in [1.807, 2.05) is 0 Å². The van der Waals surface area contributed by atoms with Crippen LogP contribution < -0.4 is 0 Å². The van der Waals surface area contributed by atoms with Crippen LogP contribution in [0.4, 0.5) is 0 Å². The smallest absolute Gasteiger partial charge is 0.227 e. The van der Waals surface area contributed by atoms with Crippen LogP contribution in [0.5, 0.6) is 0 Å². The molecule has 17 heavy (non-hydrogen) atoms. The third-order valence-corrected chi connectivity index (χ3v) is 3.61. The number of carbonyl (C=O) groups is 1. The van der Waals surface area contributed by atoms with Gasteiger partial charge < -0.3 is 19.5 Å². The lowest BCUT2D eigenvalue weighted by Crippen LogP contribution is -2.48. The molecular weight excluding hydrogens is 222 g/mol. The molecule has 2 aliphatic heterocycles. The molecule has 2 fully saturated rings. The molecule has 0 aromatic rings. The van der Waals surface area contributed by atoms with Gasteiger partial charge in [0.2, 0.25) is 5.91 Å². The molecule has 0 aromatic carbocycles. The first-order valence-electron chi connectivity index (χ1n) is 6.24. The van der Waals surface area contributed by atoms with E-state index >= 15 is 0 Å². The summed E-state index contributed by atoms with van der Waals surface area (Å²) in [6, 6.07) is 0. The number of hydrogen-bond donors (Lipinski definition) is 1. The molecule has 2 rings (SSSR count). The van der Waals surface area contributed by atoms with Crippen LogP contribution in [-0.4, -0.2) is 61.5 Å². The Hall–Kier alpha value is -0.650. The fourth-order valence-electron chi connectivity index (χ4n) is 2.47. The number of carbonyl (C=O) groups excluding carboxylic acids is 1. The quantitative estimate of drug-likeness (QED) is 0.759. The molecule has 1 N–H and O–H groups in total. The third kappa shape index (κ3) is 3.18. The molecule has 0 radical (unpaired) electrons. The van der Waals surface area contributed by atoms with Gasteiger partial charge in [0.1, 0.15) is 0 Å². The summed E-state index contributed by atoms with van der Waals surface area (Å²) in [4.78, 5) is 13.7. The van der Waals surface area contributed by atoms with Crippen LogP contribution in [0.15, 0.2) is 0 Å². The standard InChI is InChI=1S/C12H21NO4/c1-13(11(14)10-2-5-17-8-10)9-12(15)3-6-16-7-4-12/h10,15H,2-9H2,1H3. The minimum atomic E-state index is -0.776. The van der Waals surface area contributed by atoms with Crippen molar-refractivity contribution < 1.29 is 19.4 Å². The average Bonchev–Trinajstić information content (AvgIpc) is 2.81. The lowest BCUT2D eigenvalue weighted by Gasteiger charge is -2.36. The summed E-state index contributed by atoms with van der Waals surface area (Å²) in [6.45, 7) is 2.73. The molecule has 5 heteroatoms. The maximum absolute atomic E-state index is 12.1. The van der Waals surface area contributed by atoms with Crippen molar-refractivity contribution in [2.45, 2.75) is 24.9 Å². The number of likely N-dealkylation sites (N-methyl/N-ethyl adjacent to an activating group) is 1. The summed E-state index contributed by atoms with van der Waals surface area (Å²) in [6.07, 6.45) is 2.00. The Balaban J connectivity index is 1.86. The Morgan fingerprint density at radius 2 is 2.06 bits per heavy atom. The molecule has 5 nitrogen and oxygen atoms in total. The van der Waals surface area contributed by atoms with E-state index in [1.165, 1.54) is 0 Å². The predicted octanol–water partition coefficient (Wildman–Crippen LogP) is 0.0228. The molecule has 1 atom stereocenters. The molecule has 2 saturated heterocycles. The lowest BCUT2D eigenvalue weighted by atomic mass is 9.93. The van der Waals surface area contributed by atoms with Crippen molar-refractivity contribution in [2.24, 2.45) is 5.92 Å². The maximum Gasteiger partial charge on any atom is 0.227 e. The van der Waals surface area contributed by atoms with E-state index in [1.54, 1.807) is 11.9 Å². The second-order valence-electron chi connectivity index (χ2n) is 5.09. The van der Waals surface area contributed by atoms with Gasteiger partial charge in [-0.1, -0.05) is 0 Å². The first-order chi connectivity index (χ1) is 8.11. The number of amides is 1. The van der Waals surface area contributed by atoms with E-state index in [4.69, 9.17) is 9.47 Å². The van der Waals surface area contributed by atoms with Crippen LogP contribution in [-0.2, 0) is 14.3 Å². The van der Waals surface area contributed by atoms with Crippen molar-refractivity contribution in [3.63, 3.8) is 0 Å². The Labute approximate surface area is 102 Å². The van der Waals surface area contributed by atoms with Crippen LogP contribution >= 0.6 is 0 Å². The van der Waals surface area contributed by atoms with Crippen LogP contribution in [0, 0.1) is 5.92 Å². The molecular formula is C12H21NO4. The zero-order valence-corrected chi connectivity index (χ0v) is 10.4. The minimum Gasteiger partial charge on any atom is -0.388 e. The Morgan fingerprint density at radius 1 is 1.35 bits per heavy atom. The molecule has 2 heterocycles. The van der Waals surface area contributed by atoms with E-state index in [0.717, 1.165) is 6.42 Å². The van der Waals surface area contributed by atoms with Gasteiger partial charge in [0.15, 0.2) is 0 Å². The molecule has 1 unspecified atom stereocenters. The molecule has 0 aromatic heterocycles. The van der Waals surface area contributed by atoms with Crippen LogP contribution in [0.1, 0.15) is 19.3 Å². The highest BCUT2D eigenvalue weighted by atomic mass is 16.5. The van der Waals surface area contributed by atoms with Gasteiger partial charge in [-0.15, -0.1) is 0 Å². The SMILES string of the molecule is CN(CC1(O)CCOCC1)C(=O)C1CCOC1. The largest absolute Gasteiger partial charge is 0.388 e. The summed E-state index contributed by atoms with van der Waals surface area (Å²) in [5, 5.41) is 10.3. The number of aliphatic hydroxyl groups is 1. The highest BCUT2D eigenvalue weighted by Crippen LogP contribution is 2.23. The zero-order chi connectivity index (χ0) is 12.3. The number of rotatable bonds is 3. The van der Waals surface area contributed by atoms with E-state index in [2.05, 4.69) is 0 Å². The topological polar surface area (TPSA) is 59.0 Å². The van der Waals surface area contributed by atoms with Gasteiger partial charge in [0.25, 0.3) is 0 Å². The van der Waals surface area contributed by atoms with E-state index in [0.29, 0.717) is 45.8 Å². The lowest BCUT2D eigenvalue weighted by molar-refractivity contribution is -0.140. The Bertz CT molecular complexity index is 270. The normalized spacial score (nSPS) is 28.0. The molecule has 98 valence electrons. The highest BCUT2D eigenvalue weighted by Gasteiger charge is 2.34. The fourth-order valence-corrected chi connectivity index (χ4v) is 2.47. The second kappa shape index (κ2) is 5.33. The highest BCUT2D eigenvalue weighted by molar-refractivity contribution is 5.79. The summed E-state index contributed by atoms with van der Waals surface area (Å²) in [5.41, 5.74) is -0.776. The van der Waals surface area contributed by atoms with Gasteiger partial charge in [-0.2, -0.15) is 0 Å². The minimum absolute atomic E-state index is 0.0246. The molecule has 0 aliphatic carbocycles. The Morgan fingerprint density at radius 3 is 2.65 bits per heavy atom. The summed E-state index contributed by atoms with van der Waals surface area (Å²) in [5.74, 6) is 0.0610. The van der Waals surface area contributed by atoms with Crippen molar-refractivity contribution in [3.8, 4) is 0 Å². The molecule has 0 spiro atoms. The van der Waals surface area contributed by atoms with Gasteiger partial charge in [-0.3, -0.25) is 4.79 Å². The van der Waals surface area contributed by atoms with Crippen molar-refractivity contribution in [3.05, 3.63) is 0 Å². The number of nitrogens with zero attached hydrogens (tertiary/aromatic N) is 1. The first-order valence-corrected chi connectivity index (χ1v) is 6.24. The van der Waals surface area contributed by atoms with Crippen LogP contribution in [0.3, 0.4) is 0 Å². The van der Waals surface area contributed by atoms with Crippen molar-refractivity contribution in [2.75, 3.05) is 40.0 Å². The third-order valence-electron chi connectivity index (χ3n) is 3.61. The Kier molecular flexibility index (Phi) is 4.01. The summed E-state index contributed by atoms with van der Waals surface area (Å²) < 4.78 is 10.4. The van der Waals surface area contributed by atoms with Gasteiger partial charge in [0, 0.05) is 46.3 Å². The van der Waals surface area contributed by atoms with E-state index in [-0.39, 0.29) is 11.8 Å². The van der Waals surface area contributed by atoms with E-state index in [9.17, 15) is 9.90 Å². The van der Waals surface area contributed by atoms with Crippen molar-refractivity contribution in [1.29, 1.82) is 0 Å². The van der Waals surface area contributed by atoms with Gasteiger partial charge in [-0.25, -0.2) is 0 Å². The van der Waals surface area contributed by atoms with Gasteiger partial charge >= 0.3 is 0 Å². The fraction of sp³-hybridized carbons (Fsp3) is 0.917. The molecule has 2 aliphatic rings. The van der Waals surface area contributed by atoms with Crippen molar-refractivity contribution in [1.82, 2.24) is 4.90 Å². The number of ether oxygens (including phenoxy) is 2. The van der Waals surface area contributed by atoms with Gasteiger partial charge in [0.05, 0.1) is 18.1 Å². The van der Waals surface area contributed by atoms with Gasteiger partial charge in [-0.05, 0) is 6.42 Å². The van der Waals surface area contributed by atoms with Crippen molar-refractivity contribution >= 4 is 5.91 Å². The monoisotopic (exact) mass is 243 g/mol. The molecule has 1 amide bonds. The van der Waals surface area contributed by atoms with Crippen LogP contribution in [0.2, 0.25) is 0 Å². The predicted molar refractivity (Wildman–Crippen MR) is 61.6 cm³/mol. The summed E-state index contributed by atoms with van der Waals surface area (Å²) in [7, 11) is 1.76. The maximum atomic E-state index is 12.1. The second-order valence-corrected chi connectivity index (χ2v) is 5.09. The van der Waals surface area contributed by atoms with Crippen LogP contribution in [0.25, 0.3) is 0 Å². The molecule has 0 saturated carbocycles. The molecule has 0 bridgehead atoms. The summed E-state index contributed by atoms with van der Waals surface area (Å²) >= 11 is 0. The first kappa shape index (κ1) is 12.8.